The quantitative estimate of drug-likeness (QED) is 0.715. The summed E-state index contributed by atoms with van der Waals surface area (Å²) in [6.45, 7) is 0. The third-order valence-corrected chi connectivity index (χ3v) is 1.91. The molecular formula is C10H12N6. The first-order chi connectivity index (χ1) is 7.78. The summed E-state index contributed by atoms with van der Waals surface area (Å²) < 4.78 is 0. The Labute approximate surface area is 93.0 Å². The Morgan fingerprint density at radius 2 is 1.69 bits per heavy atom. The van der Waals surface area contributed by atoms with E-state index in [1.807, 2.05) is 30.3 Å². The molecule has 0 amide bonds. The second kappa shape index (κ2) is 4.43. The van der Waals surface area contributed by atoms with Crippen molar-refractivity contribution in [1.82, 2.24) is 15.0 Å². The molecular weight excluding hydrogens is 204 g/mol. The minimum absolute atomic E-state index is 0.179. The molecule has 0 fully saturated rings. The Bertz CT molecular complexity index is 470. The van der Waals surface area contributed by atoms with Gasteiger partial charge in [-0.1, -0.05) is 18.2 Å². The number of aromatic nitrogens is 3. The van der Waals surface area contributed by atoms with Gasteiger partial charge in [0.2, 0.25) is 17.8 Å². The van der Waals surface area contributed by atoms with Crippen molar-refractivity contribution < 1.29 is 0 Å². The molecule has 0 aliphatic rings. The number of nitrogens with one attached hydrogen (secondary N) is 2. The van der Waals surface area contributed by atoms with Crippen molar-refractivity contribution in [1.29, 1.82) is 0 Å². The van der Waals surface area contributed by atoms with Crippen LogP contribution in [0.3, 0.4) is 0 Å². The Hall–Kier alpha value is -2.37. The molecule has 0 saturated heterocycles. The van der Waals surface area contributed by atoms with Crippen LogP contribution < -0.4 is 16.4 Å². The molecule has 2 aromatic rings. The molecule has 0 radical (unpaired) electrons. The number of para-hydroxylation sites is 1. The van der Waals surface area contributed by atoms with Crippen LogP contribution in [-0.2, 0) is 0 Å². The second-order valence-corrected chi connectivity index (χ2v) is 3.08. The summed E-state index contributed by atoms with van der Waals surface area (Å²) in [6.07, 6.45) is 0. The largest absolute Gasteiger partial charge is 0.368 e. The van der Waals surface area contributed by atoms with E-state index in [0.717, 1.165) is 5.69 Å². The minimum atomic E-state index is 0.179. The smallest absolute Gasteiger partial charge is 0.233 e. The normalized spacial score (nSPS) is 9.81. The molecule has 0 spiro atoms. The summed E-state index contributed by atoms with van der Waals surface area (Å²) in [5.74, 6) is 1.03. The summed E-state index contributed by atoms with van der Waals surface area (Å²) in [7, 11) is 1.72. The van der Waals surface area contributed by atoms with Gasteiger partial charge in [-0.2, -0.15) is 15.0 Å². The highest BCUT2D eigenvalue weighted by Gasteiger charge is 2.02. The first-order valence-corrected chi connectivity index (χ1v) is 4.79. The van der Waals surface area contributed by atoms with E-state index in [9.17, 15) is 0 Å². The third-order valence-electron chi connectivity index (χ3n) is 1.91. The zero-order valence-electron chi connectivity index (χ0n) is 8.81. The number of nitrogens with zero attached hydrogens (tertiary/aromatic N) is 3. The lowest BCUT2D eigenvalue weighted by molar-refractivity contribution is 1.07. The third kappa shape index (κ3) is 2.35. The van der Waals surface area contributed by atoms with E-state index in [4.69, 9.17) is 5.73 Å². The Morgan fingerprint density at radius 3 is 2.38 bits per heavy atom. The van der Waals surface area contributed by atoms with Crippen LogP contribution in [0.5, 0.6) is 0 Å². The monoisotopic (exact) mass is 216 g/mol. The number of benzene rings is 1. The van der Waals surface area contributed by atoms with Gasteiger partial charge >= 0.3 is 0 Å². The van der Waals surface area contributed by atoms with Gasteiger partial charge in [0, 0.05) is 12.7 Å². The lowest BCUT2D eigenvalue weighted by Gasteiger charge is -2.06. The van der Waals surface area contributed by atoms with Crippen molar-refractivity contribution in [3.63, 3.8) is 0 Å². The van der Waals surface area contributed by atoms with E-state index >= 15 is 0 Å². The minimum Gasteiger partial charge on any atom is -0.368 e. The molecule has 0 bridgehead atoms. The zero-order chi connectivity index (χ0) is 11.4. The van der Waals surface area contributed by atoms with Crippen molar-refractivity contribution in [3.05, 3.63) is 30.3 Å². The fourth-order valence-electron chi connectivity index (χ4n) is 1.21. The molecule has 82 valence electrons. The maximum atomic E-state index is 5.55. The van der Waals surface area contributed by atoms with E-state index in [1.165, 1.54) is 0 Å². The lowest BCUT2D eigenvalue weighted by atomic mass is 10.3. The standard InChI is InChI=1S/C10H12N6/c1-12-9-14-8(11)15-10(16-9)13-7-5-3-2-4-6-7/h2-6H,1H3,(H4,11,12,13,14,15,16). The van der Waals surface area contributed by atoms with Crippen LogP contribution in [0.25, 0.3) is 0 Å². The molecule has 0 unspecified atom stereocenters. The molecule has 0 aliphatic heterocycles. The molecule has 1 aromatic carbocycles. The van der Waals surface area contributed by atoms with Gasteiger partial charge in [0.05, 0.1) is 0 Å². The van der Waals surface area contributed by atoms with Crippen LogP contribution in [0, 0.1) is 0 Å². The van der Waals surface area contributed by atoms with Gasteiger partial charge in [0.15, 0.2) is 0 Å². The maximum Gasteiger partial charge on any atom is 0.233 e. The van der Waals surface area contributed by atoms with Crippen LogP contribution in [0.4, 0.5) is 23.5 Å². The van der Waals surface area contributed by atoms with Crippen LogP contribution in [0.15, 0.2) is 30.3 Å². The molecule has 0 aliphatic carbocycles. The SMILES string of the molecule is CNc1nc(N)nc(Nc2ccccc2)n1. The van der Waals surface area contributed by atoms with Gasteiger partial charge in [-0.15, -0.1) is 0 Å². The highest BCUT2D eigenvalue weighted by molar-refractivity contribution is 5.54. The van der Waals surface area contributed by atoms with E-state index in [0.29, 0.717) is 11.9 Å². The first kappa shape index (κ1) is 10.2. The van der Waals surface area contributed by atoms with Crippen molar-refractivity contribution >= 4 is 23.5 Å². The number of hydrogen-bond acceptors (Lipinski definition) is 6. The summed E-state index contributed by atoms with van der Waals surface area (Å²) >= 11 is 0. The van der Waals surface area contributed by atoms with E-state index < -0.39 is 0 Å². The predicted octanol–water partition coefficient (Wildman–Crippen LogP) is 1.24. The van der Waals surface area contributed by atoms with Gasteiger partial charge in [-0.05, 0) is 12.1 Å². The molecule has 16 heavy (non-hydrogen) atoms. The summed E-state index contributed by atoms with van der Waals surface area (Å²) in [4.78, 5) is 12.0. The topological polar surface area (TPSA) is 88.8 Å². The van der Waals surface area contributed by atoms with Crippen molar-refractivity contribution in [2.45, 2.75) is 0 Å². The maximum absolute atomic E-state index is 5.55. The molecule has 1 heterocycles. The summed E-state index contributed by atoms with van der Waals surface area (Å²) in [5.41, 5.74) is 6.44. The highest BCUT2D eigenvalue weighted by atomic mass is 15.2. The average molecular weight is 216 g/mol. The van der Waals surface area contributed by atoms with Gasteiger partial charge in [0.1, 0.15) is 0 Å². The van der Waals surface area contributed by atoms with Crippen LogP contribution in [0.2, 0.25) is 0 Å². The molecule has 0 atom stereocenters. The number of nitrogen functional groups attached to an aromatic ring is 1. The van der Waals surface area contributed by atoms with E-state index in [-0.39, 0.29) is 5.95 Å². The van der Waals surface area contributed by atoms with Crippen molar-refractivity contribution in [2.24, 2.45) is 0 Å². The molecule has 1 aromatic heterocycles. The Morgan fingerprint density at radius 1 is 1.00 bits per heavy atom. The molecule has 6 heteroatoms. The van der Waals surface area contributed by atoms with Crippen LogP contribution in [-0.4, -0.2) is 22.0 Å². The fourth-order valence-corrected chi connectivity index (χ4v) is 1.21. The molecule has 4 N–H and O–H groups in total. The Kier molecular flexibility index (Phi) is 2.81. The van der Waals surface area contributed by atoms with Crippen molar-refractivity contribution in [2.75, 3.05) is 23.4 Å². The van der Waals surface area contributed by atoms with Crippen LogP contribution in [0.1, 0.15) is 0 Å². The van der Waals surface area contributed by atoms with Crippen LogP contribution >= 0.6 is 0 Å². The van der Waals surface area contributed by atoms with Gasteiger partial charge < -0.3 is 16.4 Å². The van der Waals surface area contributed by atoms with Gasteiger partial charge in [-0.25, -0.2) is 0 Å². The second-order valence-electron chi connectivity index (χ2n) is 3.08. The lowest BCUT2D eigenvalue weighted by Crippen LogP contribution is -2.06. The summed E-state index contributed by atoms with van der Waals surface area (Å²) in [5, 5.41) is 5.85. The fraction of sp³-hybridized carbons (Fsp3) is 0.100. The Balaban J connectivity index is 2.24. The zero-order valence-corrected chi connectivity index (χ0v) is 8.81. The van der Waals surface area contributed by atoms with Crippen molar-refractivity contribution in [3.8, 4) is 0 Å². The van der Waals surface area contributed by atoms with E-state index in [1.54, 1.807) is 7.05 Å². The number of anilines is 4. The number of hydrogen-bond donors (Lipinski definition) is 3. The van der Waals surface area contributed by atoms with Gasteiger partial charge in [0.25, 0.3) is 0 Å². The number of nitrogens with two attached hydrogens (primary N) is 1. The van der Waals surface area contributed by atoms with E-state index in [2.05, 4.69) is 25.6 Å². The summed E-state index contributed by atoms with van der Waals surface area (Å²) in [6, 6.07) is 9.61. The first-order valence-electron chi connectivity index (χ1n) is 4.79. The molecule has 2 rings (SSSR count). The average Bonchev–Trinajstić information content (AvgIpc) is 2.29. The van der Waals surface area contributed by atoms with Gasteiger partial charge in [-0.3, -0.25) is 0 Å². The predicted molar refractivity (Wildman–Crippen MR) is 63.5 cm³/mol. The number of rotatable bonds is 3. The molecule has 6 nitrogen and oxygen atoms in total. The highest BCUT2D eigenvalue weighted by Crippen LogP contribution is 2.13. The molecule has 0 saturated carbocycles.